The number of carbonyl (C=O) groups excluding carboxylic acids is 1. The number of nitrogens with zero attached hydrogens (tertiary/aromatic N) is 1. The first-order valence-corrected chi connectivity index (χ1v) is 6.76. The summed E-state index contributed by atoms with van der Waals surface area (Å²) in [5.74, 6) is -0.784. The number of nitrogens with one attached hydrogen (secondary N) is 2. The lowest BCUT2D eigenvalue weighted by Gasteiger charge is -2.12. The van der Waals surface area contributed by atoms with Crippen molar-refractivity contribution >= 4 is 23.2 Å². The summed E-state index contributed by atoms with van der Waals surface area (Å²) in [6.07, 6.45) is -3.21. The van der Waals surface area contributed by atoms with Crippen LogP contribution in [0.25, 0.3) is 0 Å². The van der Waals surface area contributed by atoms with Crippen LogP contribution in [0, 0.1) is 11.3 Å². The fourth-order valence-electron chi connectivity index (χ4n) is 2.04. The summed E-state index contributed by atoms with van der Waals surface area (Å²) in [6, 6.07) is 4.37. The third kappa shape index (κ3) is 3.52. The van der Waals surface area contributed by atoms with Gasteiger partial charge < -0.3 is 10.6 Å². The number of carbonyl (C=O) groups is 1. The van der Waals surface area contributed by atoms with Crippen LogP contribution in [0.5, 0.6) is 0 Å². The normalized spacial score (nSPS) is 16.7. The van der Waals surface area contributed by atoms with Gasteiger partial charge in [-0.1, -0.05) is 11.6 Å². The van der Waals surface area contributed by atoms with Crippen molar-refractivity contribution in [3.05, 3.63) is 40.1 Å². The lowest BCUT2D eigenvalue weighted by atomic mass is 10.1. The largest absolute Gasteiger partial charge is 0.416 e. The highest BCUT2D eigenvalue weighted by Gasteiger charge is 2.31. The minimum Gasteiger partial charge on any atom is -0.387 e. The number of anilines is 1. The van der Waals surface area contributed by atoms with Crippen molar-refractivity contribution in [3.63, 3.8) is 0 Å². The molecular formula is C14H11ClF3N3O. The third-order valence-electron chi connectivity index (χ3n) is 3.12. The van der Waals surface area contributed by atoms with Gasteiger partial charge in [0.05, 0.1) is 16.3 Å². The summed E-state index contributed by atoms with van der Waals surface area (Å²) in [6.45, 7) is 0.651. The number of benzene rings is 1. The second kappa shape index (κ2) is 6.28. The third-order valence-corrected chi connectivity index (χ3v) is 3.45. The molecule has 0 bridgehead atoms. The zero-order valence-electron chi connectivity index (χ0n) is 11.2. The van der Waals surface area contributed by atoms with Gasteiger partial charge in [-0.3, -0.25) is 4.79 Å². The van der Waals surface area contributed by atoms with E-state index in [-0.39, 0.29) is 16.3 Å². The van der Waals surface area contributed by atoms with Gasteiger partial charge >= 0.3 is 6.18 Å². The monoisotopic (exact) mass is 329 g/mol. The molecule has 0 spiro atoms. The van der Waals surface area contributed by atoms with Gasteiger partial charge in [-0.25, -0.2) is 0 Å². The van der Waals surface area contributed by atoms with Crippen LogP contribution in [0.1, 0.15) is 18.4 Å². The van der Waals surface area contributed by atoms with E-state index in [2.05, 4.69) is 10.6 Å². The predicted molar refractivity (Wildman–Crippen MR) is 75.0 cm³/mol. The fourth-order valence-corrected chi connectivity index (χ4v) is 2.21. The molecule has 1 aromatic rings. The molecule has 1 heterocycles. The van der Waals surface area contributed by atoms with Crippen molar-refractivity contribution in [2.45, 2.75) is 19.0 Å². The second-order valence-corrected chi connectivity index (χ2v) is 5.05. The molecule has 0 saturated carbocycles. The van der Waals surface area contributed by atoms with Crippen molar-refractivity contribution in [3.8, 4) is 6.07 Å². The van der Waals surface area contributed by atoms with E-state index < -0.39 is 17.6 Å². The Morgan fingerprint density at radius 2 is 2.14 bits per heavy atom. The molecule has 2 N–H and O–H groups in total. The van der Waals surface area contributed by atoms with Crippen molar-refractivity contribution in [2.24, 2.45) is 0 Å². The number of amides is 1. The molecule has 22 heavy (non-hydrogen) atoms. The Balaban J connectivity index is 2.29. The minimum atomic E-state index is -4.55. The number of hydrogen-bond acceptors (Lipinski definition) is 3. The summed E-state index contributed by atoms with van der Waals surface area (Å²) in [5.41, 5.74) is -0.778. The number of rotatable bonds is 2. The maximum atomic E-state index is 12.7. The SMILES string of the molecule is N#C/C(C(=O)Nc1cc(C(F)(F)F)ccc1Cl)=C1/CCCN1. The first kappa shape index (κ1) is 16.2. The molecule has 1 aromatic carbocycles. The quantitative estimate of drug-likeness (QED) is 0.645. The Bertz CT molecular complexity index is 669. The van der Waals surface area contributed by atoms with Gasteiger partial charge in [-0.15, -0.1) is 0 Å². The van der Waals surface area contributed by atoms with Crippen molar-refractivity contribution < 1.29 is 18.0 Å². The summed E-state index contributed by atoms with van der Waals surface area (Å²) >= 11 is 5.80. The van der Waals surface area contributed by atoms with Gasteiger partial charge in [-0.2, -0.15) is 18.4 Å². The fraction of sp³-hybridized carbons (Fsp3) is 0.286. The van der Waals surface area contributed by atoms with E-state index in [4.69, 9.17) is 16.9 Å². The minimum absolute atomic E-state index is 0.0389. The van der Waals surface area contributed by atoms with Gasteiger partial charge in [0.1, 0.15) is 11.6 Å². The van der Waals surface area contributed by atoms with Crippen LogP contribution in [0.15, 0.2) is 29.5 Å². The topological polar surface area (TPSA) is 64.9 Å². The molecule has 8 heteroatoms. The molecule has 0 unspecified atom stereocenters. The first-order valence-electron chi connectivity index (χ1n) is 6.38. The Morgan fingerprint density at radius 3 is 2.68 bits per heavy atom. The molecule has 2 rings (SSSR count). The van der Waals surface area contributed by atoms with Crippen molar-refractivity contribution in [2.75, 3.05) is 11.9 Å². The van der Waals surface area contributed by atoms with Gasteiger partial charge in [0.15, 0.2) is 0 Å². The van der Waals surface area contributed by atoms with E-state index >= 15 is 0 Å². The van der Waals surface area contributed by atoms with E-state index in [1.807, 2.05) is 0 Å². The summed E-state index contributed by atoms with van der Waals surface area (Å²) in [4.78, 5) is 12.1. The highest BCUT2D eigenvalue weighted by Crippen LogP contribution is 2.34. The maximum absolute atomic E-state index is 12.7. The van der Waals surface area contributed by atoms with Crippen LogP contribution < -0.4 is 10.6 Å². The van der Waals surface area contributed by atoms with E-state index in [0.717, 1.165) is 24.6 Å². The lowest BCUT2D eigenvalue weighted by molar-refractivity contribution is -0.137. The molecule has 1 fully saturated rings. The summed E-state index contributed by atoms with van der Waals surface area (Å²) in [7, 11) is 0. The predicted octanol–water partition coefficient (Wildman–Crippen LogP) is 3.46. The molecule has 4 nitrogen and oxygen atoms in total. The first-order chi connectivity index (χ1) is 10.3. The second-order valence-electron chi connectivity index (χ2n) is 4.64. The van der Waals surface area contributed by atoms with Crippen LogP contribution in [0.3, 0.4) is 0 Å². The lowest BCUT2D eigenvalue weighted by Crippen LogP contribution is -2.19. The number of alkyl halides is 3. The van der Waals surface area contributed by atoms with Crippen molar-refractivity contribution in [1.29, 1.82) is 5.26 Å². The zero-order valence-corrected chi connectivity index (χ0v) is 12.0. The number of hydrogen-bond donors (Lipinski definition) is 2. The van der Waals surface area contributed by atoms with Gasteiger partial charge in [0.25, 0.3) is 5.91 Å². The Morgan fingerprint density at radius 1 is 1.41 bits per heavy atom. The number of halogens is 4. The Labute approximate surface area is 129 Å². The average Bonchev–Trinajstić information content (AvgIpc) is 2.94. The van der Waals surface area contributed by atoms with E-state index in [0.29, 0.717) is 18.7 Å². The van der Waals surface area contributed by atoms with E-state index in [1.165, 1.54) is 0 Å². The molecule has 0 aliphatic carbocycles. The molecule has 1 saturated heterocycles. The smallest absolute Gasteiger partial charge is 0.387 e. The Kier molecular flexibility index (Phi) is 4.62. The summed E-state index contributed by atoms with van der Waals surface area (Å²) in [5, 5.41) is 14.2. The van der Waals surface area contributed by atoms with Crippen LogP contribution >= 0.6 is 11.6 Å². The molecule has 0 atom stereocenters. The highest BCUT2D eigenvalue weighted by atomic mass is 35.5. The molecule has 0 radical (unpaired) electrons. The summed E-state index contributed by atoms with van der Waals surface area (Å²) < 4.78 is 38.0. The van der Waals surface area contributed by atoms with Crippen LogP contribution in [-0.2, 0) is 11.0 Å². The highest BCUT2D eigenvalue weighted by molar-refractivity contribution is 6.34. The Hall–Kier alpha value is -2.20. The maximum Gasteiger partial charge on any atom is 0.416 e. The average molecular weight is 330 g/mol. The van der Waals surface area contributed by atoms with Gasteiger partial charge in [0, 0.05) is 12.2 Å². The van der Waals surface area contributed by atoms with Crippen LogP contribution in [-0.4, -0.2) is 12.5 Å². The number of nitriles is 1. The van der Waals surface area contributed by atoms with Crippen LogP contribution in [0.4, 0.5) is 18.9 Å². The molecule has 1 amide bonds. The van der Waals surface area contributed by atoms with Gasteiger partial charge in [0.2, 0.25) is 0 Å². The molecule has 0 aromatic heterocycles. The van der Waals surface area contributed by atoms with E-state index in [9.17, 15) is 18.0 Å². The number of allylic oxidation sites excluding steroid dienone is 1. The zero-order chi connectivity index (χ0) is 16.3. The standard InChI is InChI=1S/C14H11ClF3N3O/c15-10-4-3-8(14(16,17)18)6-12(10)21-13(22)9(7-19)11-2-1-5-20-11/h3-4,6,20H,1-2,5H2,(H,21,22)/b11-9+. The molecular weight excluding hydrogens is 319 g/mol. The molecule has 1 aliphatic rings. The van der Waals surface area contributed by atoms with Crippen LogP contribution in [0.2, 0.25) is 5.02 Å². The molecule has 116 valence electrons. The van der Waals surface area contributed by atoms with E-state index in [1.54, 1.807) is 6.07 Å². The van der Waals surface area contributed by atoms with Crippen molar-refractivity contribution in [1.82, 2.24) is 5.32 Å². The molecule has 1 aliphatic heterocycles. The van der Waals surface area contributed by atoms with Gasteiger partial charge in [-0.05, 0) is 31.0 Å².